The van der Waals surface area contributed by atoms with Crippen LogP contribution in [0.1, 0.15) is 18.4 Å². The molecule has 0 spiro atoms. The molecule has 176 valence electrons. The Balaban J connectivity index is 1.51. The van der Waals surface area contributed by atoms with E-state index in [9.17, 15) is 23.5 Å². The van der Waals surface area contributed by atoms with E-state index in [1.54, 1.807) is 29.2 Å². The largest absolute Gasteiger partial charge is 0.480 e. The van der Waals surface area contributed by atoms with Gasteiger partial charge in [-0.25, -0.2) is 9.00 Å². The summed E-state index contributed by atoms with van der Waals surface area (Å²) in [7, 11) is 0. The number of hydrogen-bond donors (Lipinski definition) is 2. The minimum absolute atomic E-state index is 0.0595. The third-order valence-corrected chi connectivity index (χ3v) is 7.19. The van der Waals surface area contributed by atoms with E-state index >= 15 is 0 Å². The molecule has 2 unspecified atom stereocenters. The fourth-order valence-corrected chi connectivity index (χ4v) is 5.14. The first kappa shape index (κ1) is 24.1. The molecule has 1 aliphatic rings. The average molecular weight is 543 g/mol. The minimum Gasteiger partial charge on any atom is -0.480 e. The molecule has 0 aromatic heterocycles. The number of anilines is 2. The molecule has 0 fully saturated rings. The summed E-state index contributed by atoms with van der Waals surface area (Å²) < 4.78 is 24.0. The molecule has 0 saturated heterocycles. The number of fused-ring (bicyclic) bond motifs is 1. The van der Waals surface area contributed by atoms with Gasteiger partial charge in [-0.15, -0.1) is 0 Å². The van der Waals surface area contributed by atoms with E-state index in [1.807, 2.05) is 48.5 Å². The number of aliphatic carboxylic acids is 1. The van der Waals surface area contributed by atoms with Gasteiger partial charge >= 0.3 is 5.97 Å². The van der Waals surface area contributed by atoms with Gasteiger partial charge in [0.15, 0.2) is 0 Å². The number of rotatable bonds is 8. The van der Waals surface area contributed by atoms with Crippen LogP contribution in [0.4, 0.5) is 11.4 Å². The zero-order valence-electron chi connectivity index (χ0n) is 18.1. The van der Waals surface area contributed by atoms with E-state index in [0.717, 1.165) is 37.6 Å². The molecule has 0 bridgehead atoms. The molecule has 9 heteroatoms. The van der Waals surface area contributed by atoms with Crippen LogP contribution in [-0.4, -0.2) is 38.3 Å². The topological polar surface area (TPSA) is 98.2 Å². The lowest BCUT2D eigenvalue weighted by Crippen LogP contribution is -2.43. The van der Waals surface area contributed by atoms with Crippen molar-refractivity contribution in [3.8, 4) is 11.1 Å². The van der Waals surface area contributed by atoms with Gasteiger partial charge in [0, 0.05) is 23.1 Å². The van der Waals surface area contributed by atoms with Crippen LogP contribution in [-0.2, 0) is 27.3 Å². The van der Waals surface area contributed by atoms with Crippen molar-refractivity contribution in [3.63, 3.8) is 0 Å². The highest BCUT2D eigenvalue weighted by Crippen LogP contribution is 2.30. The second kappa shape index (κ2) is 10.5. The van der Waals surface area contributed by atoms with Crippen molar-refractivity contribution in [1.82, 2.24) is 0 Å². The number of halogens is 1. The molecule has 1 aliphatic heterocycles. The smallest absolute Gasteiger partial charge is 0.327 e. The average Bonchev–Trinajstić information content (AvgIpc) is 3.26. The molecule has 0 radical (unpaired) electrons. The molecule has 2 N–H and O–H groups in total. The van der Waals surface area contributed by atoms with Crippen LogP contribution < -0.4 is 9.21 Å². The van der Waals surface area contributed by atoms with E-state index in [2.05, 4.69) is 15.9 Å². The van der Waals surface area contributed by atoms with Gasteiger partial charge in [0.05, 0.1) is 5.69 Å². The normalized spacial score (nSPS) is 14.4. The van der Waals surface area contributed by atoms with E-state index in [0.29, 0.717) is 6.54 Å². The van der Waals surface area contributed by atoms with Crippen molar-refractivity contribution < 1.29 is 23.5 Å². The Kier molecular flexibility index (Phi) is 7.45. The Morgan fingerprint density at radius 2 is 1.62 bits per heavy atom. The second-order valence-electron chi connectivity index (χ2n) is 7.93. The van der Waals surface area contributed by atoms with E-state index in [1.165, 1.54) is 0 Å². The Labute approximate surface area is 208 Å². The monoisotopic (exact) mass is 542 g/mol. The predicted octanol–water partition coefficient (Wildman–Crippen LogP) is 4.88. The number of amides is 1. The first-order valence-electron chi connectivity index (χ1n) is 10.7. The third kappa shape index (κ3) is 5.22. The van der Waals surface area contributed by atoms with Crippen molar-refractivity contribution in [3.05, 3.63) is 82.8 Å². The SMILES string of the molecule is O=C(O)C(CCC(=O)N1CCc2ccccc21)N(c1ccc(-c2ccc(Br)cc2)cc1)S(=O)O. The van der Waals surface area contributed by atoms with Crippen LogP contribution in [0, 0.1) is 0 Å². The number of carbonyl (C=O) groups excluding carboxylic acids is 1. The number of nitrogens with zero attached hydrogens (tertiary/aromatic N) is 2. The van der Waals surface area contributed by atoms with Gasteiger partial charge in [0.2, 0.25) is 5.91 Å². The summed E-state index contributed by atoms with van der Waals surface area (Å²) >= 11 is 0.807. The first-order valence-corrected chi connectivity index (χ1v) is 12.6. The maximum atomic E-state index is 12.9. The summed E-state index contributed by atoms with van der Waals surface area (Å²) in [6.45, 7) is 0.545. The summed E-state index contributed by atoms with van der Waals surface area (Å²) in [5.41, 5.74) is 4.04. The van der Waals surface area contributed by atoms with Crippen molar-refractivity contribution in [2.24, 2.45) is 0 Å². The molecule has 0 saturated carbocycles. The van der Waals surface area contributed by atoms with E-state index in [-0.39, 0.29) is 24.4 Å². The lowest BCUT2D eigenvalue weighted by molar-refractivity contribution is -0.138. The first-order chi connectivity index (χ1) is 16.3. The van der Waals surface area contributed by atoms with Crippen LogP contribution in [0.3, 0.4) is 0 Å². The van der Waals surface area contributed by atoms with Crippen LogP contribution >= 0.6 is 15.9 Å². The van der Waals surface area contributed by atoms with Crippen LogP contribution in [0.25, 0.3) is 11.1 Å². The molecule has 2 atom stereocenters. The summed E-state index contributed by atoms with van der Waals surface area (Å²) in [4.78, 5) is 26.6. The Morgan fingerprint density at radius 1 is 1.00 bits per heavy atom. The predicted molar refractivity (Wildman–Crippen MR) is 136 cm³/mol. The quantitative estimate of drug-likeness (QED) is 0.395. The van der Waals surface area contributed by atoms with Gasteiger partial charge in [0.25, 0.3) is 11.3 Å². The molecule has 1 amide bonds. The standard InChI is InChI=1S/C25H23BrN2O5S/c26-20-9-5-17(6-10-20)18-7-11-21(12-8-18)28(34(32)33)23(25(30)31)13-14-24(29)27-16-15-19-3-1-2-4-22(19)27/h1-12,23H,13-16H2,(H,30,31)(H,32,33). The van der Waals surface area contributed by atoms with Crippen LogP contribution in [0.5, 0.6) is 0 Å². The lowest BCUT2D eigenvalue weighted by atomic mass is 10.0. The highest BCUT2D eigenvalue weighted by molar-refractivity contribution is 9.10. The van der Waals surface area contributed by atoms with E-state index < -0.39 is 23.3 Å². The fourth-order valence-electron chi connectivity index (χ4n) is 4.16. The molecule has 7 nitrogen and oxygen atoms in total. The maximum absolute atomic E-state index is 12.9. The molecule has 34 heavy (non-hydrogen) atoms. The summed E-state index contributed by atoms with van der Waals surface area (Å²) in [5, 5.41) is 9.83. The highest BCUT2D eigenvalue weighted by Gasteiger charge is 2.32. The number of carbonyl (C=O) groups is 2. The lowest BCUT2D eigenvalue weighted by Gasteiger charge is -2.27. The summed E-state index contributed by atoms with van der Waals surface area (Å²) in [5.74, 6) is -1.47. The Morgan fingerprint density at radius 3 is 2.24 bits per heavy atom. The number of benzene rings is 3. The molecule has 3 aromatic rings. The van der Waals surface area contributed by atoms with Gasteiger partial charge in [-0.2, -0.15) is 0 Å². The molecule has 1 heterocycles. The van der Waals surface area contributed by atoms with Crippen LogP contribution in [0.15, 0.2) is 77.3 Å². The maximum Gasteiger partial charge on any atom is 0.327 e. The van der Waals surface area contributed by atoms with Crippen molar-refractivity contribution in [1.29, 1.82) is 0 Å². The second-order valence-corrected chi connectivity index (χ2v) is 9.70. The molecular formula is C25H23BrN2O5S. The summed E-state index contributed by atoms with van der Waals surface area (Å²) in [6.07, 6.45) is 0.589. The number of hydrogen-bond acceptors (Lipinski definition) is 3. The highest BCUT2D eigenvalue weighted by atomic mass is 79.9. The zero-order chi connectivity index (χ0) is 24.2. The van der Waals surface area contributed by atoms with E-state index in [4.69, 9.17) is 0 Å². The molecule has 0 aliphatic carbocycles. The van der Waals surface area contributed by atoms with Gasteiger partial charge < -0.3 is 10.0 Å². The molecular weight excluding hydrogens is 520 g/mol. The summed E-state index contributed by atoms with van der Waals surface area (Å²) in [6, 6.07) is 20.7. The number of para-hydroxylation sites is 1. The van der Waals surface area contributed by atoms with Crippen molar-refractivity contribution >= 4 is 50.4 Å². The Bertz CT molecular complexity index is 1220. The third-order valence-electron chi connectivity index (χ3n) is 5.86. The van der Waals surface area contributed by atoms with Gasteiger partial charge in [-0.05, 0) is 59.9 Å². The zero-order valence-corrected chi connectivity index (χ0v) is 20.5. The number of carboxylic acids is 1. The van der Waals surface area contributed by atoms with Gasteiger partial charge in [-0.3, -0.25) is 13.7 Å². The number of carboxylic acid groups (broad SMARTS) is 1. The van der Waals surface area contributed by atoms with Crippen molar-refractivity contribution in [2.75, 3.05) is 15.7 Å². The van der Waals surface area contributed by atoms with Crippen molar-refractivity contribution in [2.45, 2.75) is 25.3 Å². The fraction of sp³-hybridized carbons (Fsp3) is 0.200. The minimum atomic E-state index is -2.59. The van der Waals surface area contributed by atoms with Crippen LogP contribution in [0.2, 0.25) is 0 Å². The molecule has 3 aromatic carbocycles. The Hall–Kier alpha value is -3.01. The van der Waals surface area contributed by atoms with Gasteiger partial charge in [0.1, 0.15) is 6.04 Å². The molecule has 4 rings (SSSR count). The van der Waals surface area contributed by atoms with Gasteiger partial charge in [-0.1, -0.05) is 58.4 Å².